The molecule has 0 aromatic carbocycles. The molecule has 0 saturated carbocycles. The highest BCUT2D eigenvalue weighted by molar-refractivity contribution is 7.99. The summed E-state index contributed by atoms with van der Waals surface area (Å²) in [5, 5.41) is 4.86. The summed E-state index contributed by atoms with van der Waals surface area (Å²) in [4.78, 5) is 12.0. The van der Waals surface area contributed by atoms with Crippen molar-refractivity contribution in [1.82, 2.24) is 24.6 Å². The minimum absolute atomic E-state index is 0.311. The fourth-order valence-electron chi connectivity index (χ4n) is 0.972. The van der Waals surface area contributed by atoms with Crippen molar-refractivity contribution < 1.29 is 0 Å². The molecule has 0 amide bonds. The Hall–Kier alpha value is -1.37. The topological polar surface area (TPSA) is 82.0 Å². The number of aromatic nitrogens is 5. The lowest BCUT2D eigenvalue weighted by Crippen LogP contribution is -2.02. The van der Waals surface area contributed by atoms with Crippen molar-refractivity contribution in [3.63, 3.8) is 0 Å². The van der Waals surface area contributed by atoms with Crippen LogP contribution in [-0.4, -0.2) is 30.3 Å². The minimum atomic E-state index is 0.311. The number of fused-ring (bicyclic) bond motifs is 1. The zero-order chi connectivity index (χ0) is 9.97. The van der Waals surface area contributed by atoms with E-state index in [4.69, 9.17) is 5.73 Å². The summed E-state index contributed by atoms with van der Waals surface area (Å²) >= 11 is 1.59. The molecule has 0 aliphatic heterocycles. The second-order valence-corrected chi connectivity index (χ2v) is 3.75. The van der Waals surface area contributed by atoms with Crippen molar-refractivity contribution in [2.75, 3.05) is 11.5 Å². The van der Waals surface area contributed by atoms with Gasteiger partial charge in [0.05, 0.1) is 0 Å². The Kier molecular flexibility index (Phi) is 2.49. The molecule has 0 atom stereocenters. The van der Waals surface area contributed by atoms with Crippen molar-refractivity contribution in [1.29, 1.82) is 0 Å². The first kappa shape index (κ1) is 9.20. The highest BCUT2D eigenvalue weighted by atomic mass is 32.2. The summed E-state index contributed by atoms with van der Waals surface area (Å²) in [6.07, 6.45) is 2.47. The van der Waals surface area contributed by atoms with Gasteiger partial charge in [0.15, 0.2) is 0 Å². The monoisotopic (exact) mass is 210 g/mol. The van der Waals surface area contributed by atoms with Crippen LogP contribution in [0.5, 0.6) is 0 Å². The molecule has 6 nitrogen and oxygen atoms in total. The van der Waals surface area contributed by atoms with Crippen LogP contribution in [-0.2, 0) is 0 Å². The maximum Gasteiger partial charge on any atom is 0.257 e. The highest BCUT2D eigenvalue weighted by Gasteiger charge is 2.06. The van der Waals surface area contributed by atoms with Gasteiger partial charge in [-0.25, -0.2) is 4.98 Å². The third-order valence-electron chi connectivity index (χ3n) is 1.59. The number of thioether (sulfide) groups is 1. The molecule has 0 saturated heterocycles. The average Bonchev–Trinajstić information content (AvgIpc) is 2.59. The molecule has 2 heterocycles. The fourth-order valence-corrected chi connectivity index (χ4v) is 1.64. The SMILES string of the molecule is CCCSc1nc2ncnc(N)n2n1. The number of nitrogens with two attached hydrogens (primary N) is 1. The van der Waals surface area contributed by atoms with Gasteiger partial charge in [-0.15, -0.1) is 5.10 Å². The van der Waals surface area contributed by atoms with Crippen LogP contribution in [0.3, 0.4) is 0 Å². The van der Waals surface area contributed by atoms with E-state index >= 15 is 0 Å². The molecule has 7 heteroatoms. The van der Waals surface area contributed by atoms with Crippen LogP contribution in [0.25, 0.3) is 5.78 Å². The molecule has 0 fully saturated rings. The zero-order valence-electron chi connectivity index (χ0n) is 7.71. The van der Waals surface area contributed by atoms with Crippen molar-refractivity contribution in [2.45, 2.75) is 18.5 Å². The highest BCUT2D eigenvalue weighted by Crippen LogP contribution is 2.14. The Labute approximate surface area is 85.0 Å². The molecule has 0 unspecified atom stereocenters. The third kappa shape index (κ3) is 1.63. The van der Waals surface area contributed by atoms with Gasteiger partial charge in [0.1, 0.15) is 6.33 Å². The molecule has 0 spiro atoms. The molecule has 2 aromatic heterocycles. The number of rotatable bonds is 3. The number of nitrogen functional groups attached to an aromatic ring is 1. The van der Waals surface area contributed by atoms with Gasteiger partial charge < -0.3 is 5.73 Å². The van der Waals surface area contributed by atoms with E-state index in [0.29, 0.717) is 16.9 Å². The largest absolute Gasteiger partial charge is 0.368 e. The van der Waals surface area contributed by atoms with E-state index in [9.17, 15) is 0 Å². The van der Waals surface area contributed by atoms with E-state index in [1.54, 1.807) is 11.8 Å². The fraction of sp³-hybridized carbons (Fsp3) is 0.429. The molecule has 14 heavy (non-hydrogen) atoms. The summed E-state index contributed by atoms with van der Waals surface area (Å²) in [5.74, 6) is 1.80. The smallest absolute Gasteiger partial charge is 0.257 e. The van der Waals surface area contributed by atoms with Crippen LogP contribution >= 0.6 is 11.8 Å². The Morgan fingerprint density at radius 2 is 2.36 bits per heavy atom. The van der Waals surface area contributed by atoms with Gasteiger partial charge in [-0.05, 0) is 6.42 Å². The number of hydrogen-bond acceptors (Lipinski definition) is 6. The molecular formula is C7H10N6S. The summed E-state index contributed by atoms with van der Waals surface area (Å²) in [7, 11) is 0. The molecule has 0 aliphatic rings. The van der Waals surface area contributed by atoms with Crippen molar-refractivity contribution in [3.8, 4) is 0 Å². The van der Waals surface area contributed by atoms with E-state index in [0.717, 1.165) is 12.2 Å². The Morgan fingerprint density at radius 1 is 1.50 bits per heavy atom. The summed E-state index contributed by atoms with van der Waals surface area (Å²) in [5.41, 5.74) is 5.60. The first-order chi connectivity index (χ1) is 6.81. The predicted molar refractivity (Wildman–Crippen MR) is 54.0 cm³/mol. The lowest BCUT2D eigenvalue weighted by atomic mass is 10.6. The quantitative estimate of drug-likeness (QED) is 0.747. The van der Waals surface area contributed by atoms with Gasteiger partial charge in [0, 0.05) is 5.75 Å². The van der Waals surface area contributed by atoms with E-state index in [1.165, 1.54) is 10.8 Å². The maximum absolute atomic E-state index is 5.60. The van der Waals surface area contributed by atoms with Crippen LogP contribution in [0.1, 0.15) is 13.3 Å². The lowest BCUT2D eigenvalue weighted by Gasteiger charge is -1.91. The summed E-state index contributed by atoms with van der Waals surface area (Å²) in [6, 6.07) is 0. The van der Waals surface area contributed by atoms with E-state index in [2.05, 4.69) is 27.0 Å². The van der Waals surface area contributed by atoms with Gasteiger partial charge in [-0.3, -0.25) is 0 Å². The van der Waals surface area contributed by atoms with Gasteiger partial charge >= 0.3 is 0 Å². The molecule has 0 aliphatic carbocycles. The number of nitrogens with zero attached hydrogens (tertiary/aromatic N) is 5. The normalized spacial score (nSPS) is 10.9. The summed E-state index contributed by atoms with van der Waals surface area (Å²) in [6.45, 7) is 2.11. The molecule has 2 rings (SSSR count). The molecule has 0 bridgehead atoms. The van der Waals surface area contributed by atoms with Crippen LogP contribution in [0.2, 0.25) is 0 Å². The van der Waals surface area contributed by atoms with Crippen LogP contribution in [0.4, 0.5) is 5.95 Å². The number of hydrogen-bond donors (Lipinski definition) is 1. The van der Waals surface area contributed by atoms with Gasteiger partial charge in [-0.1, -0.05) is 18.7 Å². The van der Waals surface area contributed by atoms with E-state index < -0.39 is 0 Å². The van der Waals surface area contributed by atoms with Crippen molar-refractivity contribution >= 4 is 23.5 Å². The second-order valence-electron chi connectivity index (χ2n) is 2.69. The molecule has 74 valence electrons. The Bertz CT molecular complexity index is 439. The van der Waals surface area contributed by atoms with Gasteiger partial charge in [0.2, 0.25) is 11.1 Å². The summed E-state index contributed by atoms with van der Waals surface area (Å²) < 4.78 is 1.44. The maximum atomic E-state index is 5.60. The van der Waals surface area contributed by atoms with Gasteiger partial charge in [-0.2, -0.15) is 14.5 Å². The molecular weight excluding hydrogens is 200 g/mol. The predicted octanol–water partition coefficient (Wildman–Crippen LogP) is 0.604. The average molecular weight is 210 g/mol. The standard InChI is InChI=1S/C7H10N6S/c1-2-3-14-7-11-6-10-4-9-5(8)13(6)12-7/h4H,2-3H2,1H3,(H2,8,9,10,11,12). The second kappa shape index (κ2) is 3.79. The Morgan fingerprint density at radius 3 is 3.07 bits per heavy atom. The molecule has 0 radical (unpaired) electrons. The van der Waals surface area contributed by atoms with Crippen molar-refractivity contribution in [3.05, 3.63) is 6.33 Å². The number of anilines is 1. The third-order valence-corrected chi connectivity index (χ3v) is 2.63. The first-order valence-electron chi connectivity index (χ1n) is 4.27. The molecule has 2 N–H and O–H groups in total. The van der Waals surface area contributed by atoms with E-state index in [-0.39, 0.29) is 0 Å². The van der Waals surface area contributed by atoms with E-state index in [1.807, 2.05) is 0 Å². The van der Waals surface area contributed by atoms with Crippen LogP contribution < -0.4 is 5.73 Å². The van der Waals surface area contributed by atoms with Gasteiger partial charge in [0.25, 0.3) is 5.78 Å². The lowest BCUT2D eigenvalue weighted by molar-refractivity contribution is 0.863. The van der Waals surface area contributed by atoms with Crippen LogP contribution in [0, 0.1) is 0 Å². The zero-order valence-corrected chi connectivity index (χ0v) is 8.53. The Balaban J connectivity index is 2.36. The minimum Gasteiger partial charge on any atom is -0.368 e. The van der Waals surface area contributed by atoms with Crippen molar-refractivity contribution in [2.24, 2.45) is 0 Å². The molecule has 2 aromatic rings. The van der Waals surface area contributed by atoms with Crippen LogP contribution in [0.15, 0.2) is 11.5 Å². The first-order valence-corrected chi connectivity index (χ1v) is 5.26.